The lowest BCUT2D eigenvalue weighted by Gasteiger charge is -2.31. The molecular weight excluding hydrogens is 214 g/mol. The van der Waals surface area contributed by atoms with Gasteiger partial charge in [-0.15, -0.1) is 0 Å². The van der Waals surface area contributed by atoms with Crippen LogP contribution in [0.1, 0.15) is 10.4 Å². The van der Waals surface area contributed by atoms with Crippen molar-refractivity contribution in [1.82, 2.24) is 10.3 Å². The molecule has 1 aromatic carbocycles. The smallest absolute Gasteiger partial charge is 0.254 e. The third-order valence-corrected chi connectivity index (χ3v) is 2.81. The minimum atomic E-state index is -0.0223. The number of fused-ring (bicyclic) bond motifs is 1. The van der Waals surface area contributed by atoms with E-state index in [1.165, 1.54) is 0 Å². The van der Waals surface area contributed by atoms with E-state index >= 15 is 0 Å². The number of hydrogen-bond donors (Lipinski definition) is 1. The fraction of sp³-hybridized carbons (Fsp3) is 0.0769. The molecule has 2 aromatic rings. The number of benzene rings is 1. The average molecular weight is 225 g/mol. The third kappa shape index (κ3) is 1.63. The van der Waals surface area contributed by atoms with E-state index in [-0.39, 0.29) is 5.91 Å². The average Bonchev–Trinajstić information content (AvgIpc) is 2.41. The molecule has 2 heterocycles. The Labute approximate surface area is 98.9 Å². The molecule has 1 aliphatic heterocycles. The third-order valence-electron chi connectivity index (χ3n) is 2.81. The van der Waals surface area contributed by atoms with Crippen LogP contribution in [-0.2, 0) is 0 Å². The van der Waals surface area contributed by atoms with Gasteiger partial charge in [-0.25, -0.2) is 0 Å². The summed E-state index contributed by atoms with van der Waals surface area (Å²) < 4.78 is 0. The SMILES string of the molecule is O=C1NCN(c2ccncc2)c2ccccc21. The molecule has 1 amide bonds. The number of amides is 1. The van der Waals surface area contributed by atoms with Gasteiger partial charge in [-0.1, -0.05) is 12.1 Å². The fourth-order valence-electron chi connectivity index (χ4n) is 1.99. The van der Waals surface area contributed by atoms with E-state index < -0.39 is 0 Å². The number of hydrogen-bond acceptors (Lipinski definition) is 3. The quantitative estimate of drug-likeness (QED) is 0.806. The van der Waals surface area contributed by atoms with E-state index in [1.54, 1.807) is 12.4 Å². The van der Waals surface area contributed by atoms with Gasteiger partial charge < -0.3 is 10.2 Å². The van der Waals surface area contributed by atoms with Crippen molar-refractivity contribution < 1.29 is 4.79 Å². The molecule has 1 N–H and O–H groups in total. The number of carbonyl (C=O) groups is 1. The van der Waals surface area contributed by atoms with E-state index in [9.17, 15) is 4.79 Å². The summed E-state index contributed by atoms with van der Waals surface area (Å²) in [5, 5.41) is 2.85. The van der Waals surface area contributed by atoms with Crippen LogP contribution in [0.2, 0.25) is 0 Å². The van der Waals surface area contributed by atoms with Crippen LogP contribution < -0.4 is 10.2 Å². The van der Waals surface area contributed by atoms with E-state index in [2.05, 4.69) is 15.2 Å². The molecular formula is C13H11N3O. The summed E-state index contributed by atoms with van der Waals surface area (Å²) in [6, 6.07) is 11.4. The summed E-state index contributed by atoms with van der Waals surface area (Å²) in [6.07, 6.45) is 3.49. The van der Waals surface area contributed by atoms with Gasteiger partial charge in [0.2, 0.25) is 0 Å². The highest BCUT2D eigenvalue weighted by Gasteiger charge is 2.22. The predicted molar refractivity (Wildman–Crippen MR) is 65.2 cm³/mol. The monoisotopic (exact) mass is 225 g/mol. The summed E-state index contributed by atoms with van der Waals surface area (Å²) >= 11 is 0. The van der Waals surface area contributed by atoms with Gasteiger partial charge in [0.05, 0.1) is 17.9 Å². The van der Waals surface area contributed by atoms with Crippen LogP contribution in [0.5, 0.6) is 0 Å². The number of nitrogens with one attached hydrogen (secondary N) is 1. The number of aromatic nitrogens is 1. The maximum atomic E-state index is 11.7. The zero-order chi connectivity index (χ0) is 11.7. The summed E-state index contributed by atoms with van der Waals surface area (Å²) in [5.41, 5.74) is 2.66. The molecule has 0 aliphatic carbocycles. The predicted octanol–water partition coefficient (Wildman–Crippen LogP) is 1.92. The molecule has 17 heavy (non-hydrogen) atoms. The Kier molecular flexibility index (Phi) is 2.26. The Morgan fingerprint density at radius 2 is 1.88 bits per heavy atom. The number of nitrogens with zero attached hydrogens (tertiary/aromatic N) is 2. The molecule has 0 bridgehead atoms. The summed E-state index contributed by atoms with van der Waals surface area (Å²) in [4.78, 5) is 17.8. The normalized spacial score (nSPS) is 14.1. The van der Waals surface area contributed by atoms with Gasteiger partial charge in [-0.2, -0.15) is 0 Å². The van der Waals surface area contributed by atoms with Gasteiger partial charge in [0, 0.05) is 18.1 Å². The first-order valence-electron chi connectivity index (χ1n) is 5.41. The lowest BCUT2D eigenvalue weighted by atomic mass is 10.1. The fourth-order valence-corrected chi connectivity index (χ4v) is 1.99. The number of anilines is 2. The highest BCUT2D eigenvalue weighted by Crippen LogP contribution is 2.29. The van der Waals surface area contributed by atoms with Crippen molar-refractivity contribution in [2.24, 2.45) is 0 Å². The minimum Gasteiger partial charge on any atom is -0.334 e. The van der Waals surface area contributed by atoms with Crippen LogP contribution in [0.25, 0.3) is 0 Å². The van der Waals surface area contributed by atoms with Gasteiger partial charge in [0.25, 0.3) is 5.91 Å². The van der Waals surface area contributed by atoms with Crippen molar-refractivity contribution in [3.05, 3.63) is 54.4 Å². The van der Waals surface area contributed by atoms with Gasteiger partial charge in [0.15, 0.2) is 0 Å². The van der Waals surface area contributed by atoms with Gasteiger partial charge in [0.1, 0.15) is 0 Å². The molecule has 0 atom stereocenters. The second-order valence-corrected chi connectivity index (χ2v) is 3.81. The highest BCUT2D eigenvalue weighted by atomic mass is 16.2. The molecule has 0 unspecified atom stereocenters. The minimum absolute atomic E-state index is 0.0223. The molecule has 84 valence electrons. The van der Waals surface area contributed by atoms with Crippen molar-refractivity contribution in [2.45, 2.75) is 0 Å². The second-order valence-electron chi connectivity index (χ2n) is 3.81. The van der Waals surface area contributed by atoms with Gasteiger partial charge in [-0.05, 0) is 24.3 Å². The van der Waals surface area contributed by atoms with Crippen LogP contribution in [0.4, 0.5) is 11.4 Å². The Morgan fingerprint density at radius 3 is 2.71 bits per heavy atom. The van der Waals surface area contributed by atoms with E-state index in [0.29, 0.717) is 12.2 Å². The molecule has 1 aromatic heterocycles. The van der Waals surface area contributed by atoms with E-state index in [0.717, 1.165) is 11.4 Å². The van der Waals surface area contributed by atoms with E-state index in [1.807, 2.05) is 36.4 Å². The van der Waals surface area contributed by atoms with Gasteiger partial charge in [-0.3, -0.25) is 9.78 Å². The standard InChI is InChI=1S/C13H11N3O/c17-13-11-3-1-2-4-12(11)16(9-15-13)10-5-7-14-8-6-10/h1-8H,9H2,(H,15,17). The maximum absolute atomic E-state index is 11.7. The summed E-state index contributed by atoms with van der Waals surface area (Å²) in [5.74, 6) is -0.0223. The Hall–Kier alpha value is -2.36. The summed E-state index contributed by atoms with van der Waals surface area (Å²) in [6.45, 7) is 0.486. The largest absolute Gasteiger partial charge is 0.334 e. The molecule has 0 saturated heterocycles. The zero-order valence-corrected chi connectivity index (χ0v) is 9.13. The molecule has 0 spiro atoms. The molecule has 0 saturated carbocycles. The first-order chi connectivity index (χ1) is 8.36. The topological polar surface area (TPSA) is 45.2 Å². The maximum Gasteiger partial charge on any atom is 0.254 e. The second kappa shape index (κ2) is 3.90. The number of pyridine rings is 1. The summed E-state index contributed by atoms with van der Waals surface area (Å²) in [7, 11) is 0. The van der Waals surface area contributed by atoms with Crippen LogP contribution >= 0.6 is 0 Å². The Bertz CT molecular complexity index is 554. The van der Waals surface area contributed by atoms with E-state index in [4.69, 9.17) is 0 Å². The molecule has 0 radical (unpaired) electrons. The van der Waals surface area contributed by atoms with Crippen molar-refractivity contribution in [3.63, 3.8) is 0 Å². The zero-order valence-electron chi connectivity index (χ0n) is 9.13. The first kappa shape index (κ1) is 9.84. The molecule has 3 rings (SSSR count). The Balaban J connectivity index is 2.10. The Morgan fingerprint density at radius 1 is 1.12 bits per heavy atom. The molecule has 4 nitrogen and oxygen atoms in total. The van der Waals surface area contributed by atoms with Crippen LogP contribution in [0.15, 0.2) is 48.8 Å². The first-order valence-corrected chi connectivity index (χ1v) is 5.41. The number of carbonyl (C=O) groups excluding carboxylic acids is 1. The van der Waals surface area contributed by atoms with Crippen molar-refractivity contribution >= 4 is 17.3 Å². The van der Waals surface area contributed by atoms with Crippen LogP contribution in [-0.4, -0.2) is 17.6 Å². The van der Waals surface area contributed by atoms with Crippen molar-refractivity contribution in [1.29, 1.82) is 0 Å². The van der Waals surface area contributed by atoms with Gasteiger partial charge >= 0.3 is 0 Å². The van der Waals surface area contributed by atoms with Crippen molar-refractivity contribution in [2.75, 3.05) is 11.6 Å². The molecule has 0 fully saturated rings. The van der Waals surface area contributed by atoms with Crippen LogP contribution in [0.3, 0.4) is 0 Å². The highest BCUT2D eigenvalue weighted by molar-refractivity contribution is 6.02. The van der Waals surface area contributed by atoms with Crippen LogP contribution in [0, 0.1) is 0 Å². The lowest BCUT2D eigenvalue weighted by molar-refractivity contribution is 0.0949. The number of rotatable bonds is 1. The molecule has 1 aliphatic rings. The van der Waals surface area contributed by atoms with Crippen molar-refractivity contribution in [3.8, 4) is 0 Å². The lowest BCUT2D eigenvalue weighted by Crippen LogP contribution is -2.40. The molecule has 4 heteroatoms. The number of para-hydroxylation sites is 1.